The van der Waals surface area contributed by atoms with Crippen LogP contribution in [0, 0.1) is 20.8 Å². The lowest BCUT2D eigenvalue weighted by Crippen LogP contribution is -2.15. The molecule has 3 heterocycles. The van der Waals surface area contributed by atoms with Gasteiger partial charge in [-0.3, -0.25) is 9.82 Å². The molecule has 0 unspecified atom stereocenters. The standard InChI is InChI=1S/C19H19N5O2S/c1-12-7-8-15(17-11-24-9-5-4-6-18(24)20-17)10-16(12)23-27(25,26)19-13(2)21-22-14(19)3/h4-11,23H,1-3H3,(H,21,22). The second-order valence-electron chi connectivity index (χ2n) is 6.49. The Labute approximate surface area is 157 Å². The second-order valence-corrected chi connectivity index (χ2v) is 8.11. The summed E-state index contributed by atoms with van der Waals surface area (Å²) in [5, 5.41) is 6.69. The van der Waals surface area contributed by atoms with Gasteiger partial charge in [-0.05, 0) is 44.5 Å². The first-order valence-corrected chi connectivity index (χ1v) is 9.92. The molecular weight excluding hydrogens is 362 g/mol. The van der Waals surface area contributed by atoms with Gasteiger partial charge < -0.3 is 4.40 Å². The van der Waals surface area contributed by atoms with Gasteiger partial charge in [-0.15, -0.1) is 0 Å². The number of anilines is 1. The lowest BCUT2D eigenvalue weighted by atomic mass is 10.1. The molecule has 0 saturated heterocycles. The average molecular weight is 381 g/mol. The van der Waals surface area contributed by atoms with E-state index in [2.05, 4.69) is 19.9 Å². The van der Waals surface area contributed by atoms with Gasteiger partial charge >= 0.3 is 0 Å². The molecule has 138 valence electrons. The summed E-state index contributed by atoms with van der Waals surface area (Å²) in [5.41, 5.74) is 4.73. The van der Waals surface area contributed by atoms with E-state index in [0.29, 0.717) is 17.1 Å². The van der Waals surface area contributed by atoms with E-state index < -0.39 is 10.0 Å². The maximum Gasteiger partial charge on any atom is 0.265 e. The molecule has 27 heavy (non-hydrogen) atoms. The fourth-order valence-electron chi connectivity index (χ4n) is 3.10. The Morgan fingerprint density at radius 2 is 1.93 bits per heavy atom. The van der Waals surface area contributed by atoms with Gasteiger partial charge in [0, 0.05) is 18.0 Å². The van der Waals surface area contributed by atoms with Crippen molar-refractivity contribution in [3.63, 3.8) is 0 Å². The highest BCUT2D eigenvalue weighted by Gasteiger charge is 2.23. The molecule has 0 spiro atoms. The van der Waals surface area contributed by atoms with Crippen LogP contribution in [-0.2, 0) is 10.0 Å². The number of hydrogen-bond donors (Lipinski definition) is 2. The van der Waals surface area contributed by atoms with Crippen LogP contribution in [0.4, 0.5) is 5.69 Å². The molecule has 0 radical (unpaired) electrons. The number of aromatic nitrogens is 4. The molecule has 0 saturated carbocycles. The quantitative estimate of drug-likeness (QED) is 0.566. The third-order valence-electron chi connectivity index (χ3n) is 4.47. The number of pyridine rings is 1. The summed E-state index contributed by atoms with van der Waals surface area (Å²) < 4.78 is 30.3. The van der Waals surface area contributed by atoms with Crippen molar-refractivity contribution in [2.24, 2.45) is 0 Å². The molecule has 2 N–H and O–H groups in total. The fourth-order valence-corrected chi connectivity index (χ4v) is 4.59. The molecule has 0 amide bonds. The van der Waals surface area contributed by atoms with Crippen LogP contribution in [0.25, 0.3) is 16.9 Å². The Morgan fingerprint density at radius 3 is 2.63 bits per heavy atom. The zero-order chi connectivity index (χ0) is 19.2. The molecule has 0 fully saturated rings. The van der Waals surface area contributed by atoms with Crippen molar-refractivity contribution < 1.29 is 8.42 Å². The summed E-state index contributed by atoms with van der Waals surface area (Å²) in [5.74, 6) is 0. The SMILES string of the molecule is Cc1ccc(-c2cn3ccccc3n2)cc1NS(=O)(=O)c1c(C)n[nH]c1C. The predicted molar refractivity (Wildman–Crippen MR) is 104 cm³/mol. The van der Waals surface area contributed by atoms with Crippen molar-refractivity contribution in [3.8, 4) is 11.3 Å². The van der Waals surface area contributed by atoms with Crippen molar-refractivity contribution in [1.82, 2.24) is 19.6 Å². The number of imidazole rings is 1. The number of aromatic amines is 1. The van der Waals surface area contributed by atoms with Gasteiger partial charge in [-0.25, -0.2) is 13.4 Å². The van der Waals surface area contributed by atoms with Crippen molar-refractivity contribution in [2.75, 3.05) is 4.72 Å². The Morgan fingerprint density at radius 1 is 1.11 bits per heavy atom. The topological polar surface area (TPSA) is 92.2 Å². The monoisotopic (exact) mass is 381 g/mol. The van der Waals surface area contributed by atoms with E-state index in [4.69, 9.17) is 0 Å². The number of nitrogens with zero attached hydrogens (tertiary/aromatic N) is 3. The molecular formula is C19H19N5O2S. The van der Waals surface area contributed by atoms with Gasteiger partial charge in [0.15, 0.2) is 0 Å². The Bertz CT molecular complexity index is 1200. The molecule has 4 aromatic rings. The lowest BCUT2D eigenvalue weighted by molar-refractivity contribution is 0.600. The van der Waals surface area contributed by atoms with Gasteiger partial charge in [-0.2, -0.15) is 5.10 Å². The van der Waals surface area contributed by atoms with Crippen LogP contribution in [0.1, 0.15) is 17.0 Å². The number of benzene rings is 1. The molecule has 1 aromatic carbocycles. The number of hydrogen-bond acceptors (Lipinski definition) is 4. The van der Waals surface area contributed by atoms with Crippen molar-refractivity contribution in [3.05, 3.63) is 65.7 Å². The van der Waals surface area contributed by atoms with E-state index in [1.54, 1.807) is 19.9 Å². The van der Waals surface area contributed by atoms with Crippen molar-refractivity contribution in [2.45, 2.75) is 25.7 Å². The first kappa shape index (κ1) is 17.3. The van der Waals surface area contributed by atoms with Gasteiger partial charge in [-0.1, -0.05) is 18.2 Å². The Hall–Kier alpha value is -3.13. The van der Waals surface area contributed by atoms with Crippen LogP contribution in [0.5, 0.6) is 0 Å². The number of fused-ring (bicyclic) bond motifs is 1. The average Bonchev–Trinajstić information content (AvgIpc) is 3.20. The van der Waals surface area contributed by atoms with Gasteiger partial charge in [0.1, 0.15) is 10.5 Å². The highest BCUT2D eigenvalue weighted by molar-refractivity contribution is 7.92. The molecule has 7 nitrogen and oxygen atoms in total. The van der Waals surface area contributed by atoms with E-state index in [9.17, 15) is 8.42 Å². The zero-order valence-electron chi connectivity index (χ0n) is 15.2. The molecule has 0 aliphatic rings. The number of aryl methyl sites for hydroxylation is 3. The van der Waals surface area contributed by atoms with Crippen LogP contribution < -0.4 is 4.72 Å². The molecule has 0 aliphatic heterocycles. The van der Waals surface area contributed by atoms with E-state index >= 15 is 0 Å². The summed E-state index contributed by atoms with van der Waals surface area (Å²) >= 11 is 0. The highest BCUT2D eigenvalue weighted by Crippen LogP contribution is 2.28. The summed E-state index contributed by atoms with van der Waals surface area (Å²) in [4.78, 5) is 4.78. The highest BCUT2D eigenvalue weighted by atomic mass is 32.2. The number of H-pyrrole nitrogens is 1. The van der Waals surface area contributed by atoms with Crippen molar-refractivity contribution >= 4 is 21.4 Å². The summed E-state index contributed by atoms with van der Waals surface area (Å²) in [6.45, 7) is 5.22. The first-order valence-electron chi connectivity index (χ1n) is 8.44. The predicted octanol–water partition coefficient (Wildman–Crippen LogP) is 3.45. The van der Waals surface area contributed by atoms with E-state index in [1.807, 2.05) is 54.0 Å². The zero-order valence-corrected chi connectivity index (χ0v) is 16.0. The Kier molecular flexibility index (Phi) is 4.00. The number of sulfonamides is 1. The smallest absolute Gasteiger partial charge is 0.265 e. The summed E-state index contributed by atoms with van der Waals surface area (Å²) in [7, 11) is -3.75. The summed E-state index contributed by atoms with van der Waals surface area (Å²) in [6, 6.07) is 11.4. The van der Waals surface area contributed by atoms with E-state index in [-0.39, 0.29) is 4.90 Å². The van der Waals surface area contributed by atoms with Crippen LogP contribution in [-0.4, -0.2) is 28.0 Å². The van der Waals surface area contributed by atoms with Crippen LogP contribution in [0.15, 0.2) is 53.7 Å². The summed E-state index contributed by atoms with van der Waals surface area (Å²) in [6.07, 6.45) is 3.84. The van der Waals surface area contributed by atoms with Gasteiger partial charge in [0.2, 0.25) is 0 Å². The van der Waals surface area contributed by atoms with E-state index in [0.717, 1.165) is 22.5 Å². The van der Waals surface area contributed by atoms with Crippen molar-refractivity contribution in [1.29, 1.82) is 0 Å². The third-order valence-corrected chi connectivity index (χ3v) is 6.10. The molecule has 4 rings (SSSR count). The third kappa shape index (κ3) is 3.08. The minimum Gasteiger partial charge on any atom is -0.306 e. The normalized spacial score (nSPS) is 11.8. The Balaban J connectivity index is 1.75. The number of rotatable bonds is 4. The number of nitrogens with one attached hydrogen (secondary N) is 2. The maximum absolute atomic E-state index is 12.9. The first-order chi connectivity index (χ1) is 12.8. The van der Waals surface area contributed by atoms with Crippen LogP contribution >= 0.6 is 0 Å². The van der Waals surface area contributed by atoms with E-state index in [1.165, 1.54) is 0 Å². The fraction of sp³-hybridized carbons (Fsp3) is 0.158. The van der Waals surface area contributed by atoms with Crippen LogP contribution in [0.3, 0.4) is 0 Å². The lowest BCUT2D eigenvalue weighted by Gasteiger charge is -2.12. The van der Waals surface area contributed by atoms with Gasteiger partial charge in [0.05, 0.1) is 22.8 Å². The molecule has 8 heteroatoms. The molecule has 0 bridgehead atoms. The maximum atomic E-state index is 12.9. The molecule has 0 aliphatic carbocycles. The largest absolute Gasteiger partial charge is 0.306 e. The van der Waals surface area contributed by atoms with Gasteiger partial charge in [0.25, 0.3) is 10.0 Å². The van der Waals surface area contributed by atoms with Crippen LogP contribution in [0.2, 0.25) is 0 Å². The molecule has 3 aromatic heterocycles. The minimum absolute atomic E-state index is 0.181. The second kappa shape index (κ2) is 6.24. The minimum atomic E-state index is -3.75. The molecule has 0 atom stereocenters.